The first-order chi connectivity index (χ1) is 19.8. The Morgan fingerprint density at radius 1 is 1.29 bits per heavy atom. The topological polar surface area (TPSA) is 85.6 Å². The van der Waals surface area contributed by atoms with Crippen LogP contribution in [0.5, 0.6) is 6.01 Å². The number of carbonyl (C=O) groups excluding carboxylic acids is 1. The summed E-state index contributed by atoms with van der Waals surface area (Å²) in [5.74, 6) is 0.736. The van der Waals surface area contributed by atoms with Crippen molar-refractivity contribution in [2.24, 2.45) is 0 Å². The van der Waals surface area contributed by atoms with Crippen LogP contribution in [0.4, 0.5) is 5.82 Å². The van der Waals surface area contributed by atoms with Gasteiger partial charge in [-0.2, -0.15) is 15.2 Å². The van der Waals surface area contributed by atoms with Crippen LogP contribution in [-0.2, 0) is 23.1 Å². The van der Waals surface area contributed by atoms with Crippen LogP contribution < -0.4 is 9.64 Å². The van der Waals surface area contributed by atoms with Crippen LogP contribution in [0.25, 0.3) is 5.57 Å². The van der Waals surface area contributed by atoms with Gasteiger partial charge in [-0.05, 0) is 75.0 Å². The molecule has 2 saturated heterocycles. The van der Waals surface area contributed by atoms with E-state index in [1.54, 1.807) is 4.90 Å². The van der Waals surface area contributed by atoms with Crippen molar-refractivity contribution in [2.45, 2.75) is 62.9 Å². The minimum Gasteiger partial charge on any atom is -0.462 e. The third kappa shape index (κ3) is 5.00. The molecule has 2 fully saturated rings. The number of hydrogen-bond acceptors (Lipinski definition) is 7. The van der Waals surface area contributed by atoms with Crippen molar-refractivity contribution in [3.63, 3.8) is 0 Å². The number of ether oxygens (including phenoxy) is 1. The summed E-state index contributed by atoms with van der Waals surface area (Å²) in [6, 6.07) is 9.01. The molecule has 4 aliphatic rings. The van der Waals surface area contributed by atoms with Crippen molar-refractivity contribution in [3.05, 3.63) is 64.3 Å². The molecule has 1 unspecified atom stereocenters. The molecule has 1 aromatic carbocycles. The van der Waals surface area contributed by atoms with E-state index in [0.29, 0.717) is 38.3 Å². The van der Waals surface area contributed by atoms with Gasteiger partial charge in [-0.15, -0.1) is 0 Å². The van der Waals surface area contributed by atoms with Gasteiger partial charge >= 0.3 is 6.01 Å². The number of halogens is 1. The highest BCUT2D eigenvalue weighted by molar-refractivity contribution is 6.32. The molecule has 0 radical (unpaired) electrons. The molecule has 2 aliphatic carbocycles. The number of likely N-dealkylation sites (N-methyl/N-ethyl adjacent to an activating group) is 1. The monoisotopic (exact) mass is 572 g/mol. The molecular weight excluding hydrogens is 536 g/mol. The zero-order valence-corrected chi connectivity index (χ0v) is 24.7. The Morgan fingerprint density at radius 2 is 2.15 bits per heavy atom. The number of rotatable bonds is 6. The van der Waals surface area contributed by atoms with Gasteiger partial charge in [-0.1, -0.05) is 36.4 Å². The number of likely N-dealkylation sites (tertiary alicyclic amines) is 1. The summed E-state index contributed by atoms with van der Waals surface area (Å²) < 4.78 is 6.31. The second-order valence-electron chi connectivity index (χ2n) is 11.9. The van der Waals surface area contributed by atoms with Crippen molar-refractivity contribution >= 4 is 28.9 Å². The molecule has 0 saturated carbocycles. The molecule has 3 atom stereocenters. The second-order valence-corrected chi connectivity index (χ2v) is 12.3. The summed E-state index contributed by atoms with van der Waals surface area (Å²) in [5.41, 5.74) is 5.62. The highest BCUT2D eigenvalue weighted by Crippen LogP contribution is 2.50. The van der Waals surface area contributed by atoms with Crippen molar-refractivity contribution in [1.82, 2.24) is 19.8 Å². The van der Waals surface area contributed by atoms with E-state index in [-0.39, 0.29) is 23.8 Å². The standard InChI is InChI=1S/C32H37ClN6O2/c1-4-28(40)39-16-15-38(19-22(39)11-13-34)30-24-10-12-32(17-21(2)29-25(32)8-5-9-26(29)33)18-27(24)35-31(36-30)41-20-23-7-6-14-37(23)3/h4-5,8-9,17,22-23H,1,6-7,10-12,14-16,18-20H2,2-3H3/t22-,23-,32?/m0/s1. The molecule has 8 nitrogen and oxygen atoms in total. The van der Waals surface area contributed by atoms with Crippen molar-refractivity contribution in [1.29, 1.82) is 5.26 Å². The highest BCUT2D eigenvalue weighted by Gasteiger charge is 2.43. The van der Waals surface area contributed by atoms with E-state index in [1.165, 1.54) is 23.6 Å². The number of piperazine rings is 1. The maximum Gasteiger partial charge on any atom is 0.318 e. The lowest BCUT2D eigenvalue weighted by Gasteiger charge is -2.42. The second kappa shape index (κ2) is 11.1. The van der Waals surface area contributed by atoms with Crippen LogP contribution >= 0.6 is 11.6 Å². The summed E-state index contributed by atoms with van der Waals surface area (Å²) in [5, 5.41) is 10.3. The molecule has 2 aromatic rings. The van der Waals surface area contributed by atoms with Crippen LogP contribution in [0.1, 0.15) is 55.0 Å². The quantitative estimate of drug-likeness (QED) is 0.469. The van der Waals surface area contributed by atoms with Crippen molar-refractivity contribution < 1.29 is 9.53 Å². The molecule has 0 bridgehead atoms. The van der Waals surface area contributed by atoms with Gasteiger partial charge < -0.3 is 19.4 Å². The van der Waals surface area contributed by atoms with Gasteiger partial charge in [0.05, 0.1) is 24.2 Å². The highest BCUT2D eigenvalue weighted by atomic mass is 35.5. The van der Waals surface area contributed by atoms with Crippen LogP contribution in [0.15, 0.2) is 36.9 Å². The van der Waals surface area contributed by atoms with Crippen LogP contribution in [0.2, 0.25) is 5.02 Å². The minimum atomic E-state index is -0.231. The summed E-state index contributed by atoms with van der Waals surface area (Å²) >= 11 is 6.66. The maximum atomic E-state index is 12.5. The number of amides is 1. The summed E-state index contributed by atoms with van der Waals surface area (Å²) in [7, 11) is 2.14. The smallest absolute Gasteiger partial charge is 0.318 e. The van der Waals surface area contributed by atoms with E-state index in [4.69, 9.17) is 26.3 Å². The molecule has 6 rings (SSSR count). The fourth-order valence-corrected chi connectivity index (χ4v) is 7.64. The normalized spacial score (nSPS) is 25.5. The third-order valence-electron chi connectivity index (χ3n) is 9.43. The largest absolute Gasteiger partial charge is 0.462 e. The lowest BCUT2D eigenvalue weighted by molar-refractivity contribution is -0.128. The Labute approximate surface area is 247 Å². The molecule has 1 aromatic heterocycles. The Bertz CT molecular complexity index is 1450. The molecule has 3 heterocycles. The minimum absolute atomic E-state index is 0.137. The summed E-state index contributed by atoms with van der Waals surface area (Å²) in [6.45, 7) is 9.10. The number of hydrogen-bond donors (Lipinski definition) is 0. The van der Waals surface area contributed by atoms with E-state index in [9.17, 15) is 10.1 Å². The molecule has 1 amide bonds. The van der Waals surface area contributed by atoms with E-state index in [0.717, 1.165) is 59.9 Å². The molecule has 2 aliphatic heterocycles. The first-order valence-corrected chi connectivity index (χ1v) is 15.0. The van der Waals surface area contributed by atoms with Crippen LogP contribution in [0, 0.1) is 11.3 Å². The zero-order valence-electron chi connectivity index (χ0n) is 23.9. The van der Waals surface area contributed by atoms with Crippen LogP contribution in [-0.4, -0.2) is 77.6 Å². The van der Waals surface area contributed by atoms with E-state index in [1.807, 2.05) is 12.1 Å². The fourth-order valence-electron chi connectivity index (χ4n) is 7.31. The number of benzene rings is 1. The molecule has 9 heteroatoms. The summed E-state index contributed by atoms with van der Waals surface area (Å²) in [4.78, 5) is 28.9. The van der Waals surface area contributed by atoms with Crippen LogP contribution in [0.3, 0.4) is 0 Å². The lowest BCUT2D eigenvalue weighted by atomic mass is 9.70. The van der Waals surface area contributed by atoms with Gasteiger partial charge in [-0.3, -0.25) is 4.79 Å². The first-order valence-electron chi connectivity index (χ1n) is 14.6. The zero-order chi connectivity index (χ0) is 28.7. The third-order valence-corrected chi connectivity index (χ3v) is 9.75. The molecule has 0 N–H and O–H groups in total. The Hall–Kier alpha value is -3.41. The lowest BCUT2D eigenvalue weighted by Crippen LogP contribution is -2.55. The Kier molecular flexibility index (Phi) is 7.52. The SMILES string of the molecule is C=CC(=O)N1CCN(c2nc(OC[C@@H]3CCCN3C)nc3c2CCC2(C=C(C)c4c(Cl)cccc42)C3)C[C@@H]1CC#N. The number of anilines is 1. The average Bonchev–Trinajstić information content (AvgIpc) is 3.51. The van der Waals surface area contributed by atoms with Gasteiger partial charge in [0.15, 0.2) is 0 Å². The number of nitrogens with zero attached hydrogens (tertiary/aromatic N) is 6. The van der Waals surface area contributed by atoms with Gasteiger partial charge in [0, 0.05) is 48.1 Å². The first kappa shape index (κ1) is 27.7. The number of nitriles is 1. The Balaban J connectivity index is 1.36. The predicted molar refractivity (Wildman–Crippen MR) is 160 cm³/mol. The molecule has 41 heavy (non-hydrogen) atoms. The van der Waals surface area contributed by atoms with Gasteiger partial charge in [0.2, 0.25) is 5.91 Å². The molecule has 214 valence electrons. The molecular formula is C32H37ClN6O2. The van der Waals surface area contributed by atoms with Gasteiger partial charge in [0.1, 0.15) is 12.4 Å². The Morgan fingerprint density at radius 3 is 2.90 bits per heavy atom. The van der Waals surface area contributed by atoms with E-state index < -0.39 is 0 Å². The average molecular weight is 573 g/mol. The van der Waals surface area contributed by atoms with E-state index >= 15 is 0 Å². The van der Waals surface area contributed by atoms with E-state index in [2.05, 4.69) is 48.6 Å². The number of allylic oxidation sites excluding steroid dienone is 2. The van der Waals surface area contributed by atoms with Crippen molar-refractivity contribution in [2.75, 3.05) is 44.7 Å². The molecule has 1 spiro atoms. The maximum absolute atomic E-state index is 12.5. The summed E-state index contributed by atoms with van der Waals surface area (Å²) in [6.07, 6.45) is 8.75. The number of carbonyl (C=O) groups is 1. The predicted octanol–water partition coefficient (Wildman–Crippen LogP) is 4.56. The number of aromatic nitrogens is 2. The van der Waals surface area contributed by atoms with Gasteiger partial charge in [0.25, 0.3) is 0 Å². The van der Waals surface area contributed by atoms with Gasteiger partial charge in [-0.25, -0.2) is 0 Å². The fraction of sp³-hybridized carbons (Fsp3) is 0.500. The number of fused-ring (bicyclic) bond motifs is 3. The van der Waals surface area contributed by atoms with Crippen molar-refractivity contribution in [3.8, 4) is 12.1 Å².